The molecule has 0 fully saturated rings. The predicted octanol–water partition coefficient (Wildman–Crippen LogP) is 3.21. The Morgan fingerprint density at radius 3 is 1.83 bits per heavy atom. The van der Waals surface area contributed by atoms with Crippen LogP contribution in [0.15, 0.2) is 40.8 Å². The van der Waals surface area contributed by atoms with Gasteiger partial charge in [0.05, 0.1) is 0 Å². The van der Waals surface area contributed by atoms with Gasteiger partial charge in [-0.25, -0.2) is 0 Å². The highest BCUT2D eigenvalue weighted by atomic mass is 16.4. The number of carbonyl (C=O) groups excluding carboxylic acids is 2. The van der Waals surface area contributed by atoms with Crippen molar-refractivity contribution in [2.24, 2.45) is 5.73 Å². The monoisotopic (exact) mass is 489 g/mol. The van der Waals surface area contributed by atoms with Gasteiger partial charge in [0.1, 0.15) is 5.41 Å². The van der Waals surface area contributed by atoms with E-state index in [4.69, 9.17) is 10.2 Å². The largest absolute Gasteiger partial charge is 0.424 e. The van der Waals surface area contributed by atoms with Crippen LogP contribution in [0.4, 0.5) is 0 Å². The van der Waals surface area contributed by atoms with Gasteiger partial charge < -0.3 is 20.0 Å². The van der Waals surface area contributed by atoms with Crippen molar-refractivity contribution in [3.8, 4) is 0 Å². The van der Waals surface area contributed by atoms with E-state index < -0.39 is 5.41 Å². The van der Waals surface area contributed by atoms with E-state index in [1.165, 1.54) is 0 Å². The van der Waals surface area contributed by atoms with E-state index in [-0.39, 0.29) is 17.9 Å². The Kier molecular flexibility index (Phi) is 7.00. The van der Waals surface area contributed by atoms with Gasteiger partial charge in [-0.05, 0) is 72.7 Å². The highest BCUT2D eigenvalue weighted by Crippen LogP contribution is 2.47. The molecule has 0 radical (unpaired) electrons. The Labute approximate surface area is 212 Å². The van der Waals surface area contributed by atoms with Gasteiger partial charge in [0, 0.05) is 51.8 Å². The molecule has 1 aromatic heterocycles. The van der Waals surface area contributed by atoms with Crippen molar-refractivity contribution in [3.63, 3.8) is 0 Å². The first-order valence-electron chi connectivity index (χ1n) is 12.4. The number of carbonyl (C=O) groups is 2. The molecule has 36 heavy (non-hydrogen) atoms. The molecule has 0 saturated carbocycles. The fourth-order valence-electron chi connectivity index (χ4n) is 5.22. The van der Waals surface area contributed by atoms with E-state index >= 15 is 0 Å². The molecule has 0 saturated heterocycles. The average molecular weight is 490 g/mol. The van der Waals surface area contributed by atoms with Crippen molar-refractivity contribution < 1.29 is 14.0 Å². The molecule has 190 valence electrons. The van der Waals surface area contributed by atoms with Crippen LogP contribution in [-0.4, -0.2) is 66.0 Å². The molecule has 2 aromatic carbocycles. The van der Waals surface area contributed by atoms with Gasteiger partial charge in [-0.1, -0.05) is 19.1 Å². The average Bonchev–Trinajstić information content (AvgIpc) is 3.29. The van der Waals surface area contributed by atoms with Gasteiger partial charge in [-0.3, -0.25) is 9.59 Å². The summed E-state index contributed by atoms with van der Waals surface area (Å²) in [5, 5.41) is 8.82. The number of aryl methyl sites for hydroxylation is 3. The summed E-state index contributed by atoms with van der Waals surface area (Å²) in [7, 11) is 6.99. The van der Waals surface area contributed by atoms with Crippen LogP contribution in [-0.2, 0) is 24.7 Å². The Bertz CT molecular complexity index is 1220. The molecule has 8 heteroatoms. The third-order valence-corrected chi connectivity index (χ3v) is 6.86. The molecule has 8 nitrogen and oxygen atoms in total. The Morgan fingerprint density at radius 2 is 1.44 bits per heavy atom. The predicted molar refractivity (Wildman–Crippen MR) is 138 cm³/mol. The summed E-state index contributed by atoms with van der Waals surface area (Å²) in [6, 6.07) is 11.5. The van der Waals surface area contributed by atoms with Crippen LogP contribution >= 0.6 is 0 Å². The van der Waals surface area contributed by atoms with E-state index in [1.54, 1.807) is 38.0 Å². The Balaban J connectivity index is 2.03. The maximum atomic E-state index is 12.8. The molecule has 4 rings (SSSR count). The second kappa shape index (κ2) is 9.85. The van der Waals surface area contributed by atoms with Crippen molar-refractivity contribution in [2.45, 2.75) is 51.0 Å². The molecule has 2 N–H and O–H groups in total. The fourth-order valence-corrected chi connectivity index (χ4v) is 5.22. The Hall–Kier alpha value is -3.52. The van der Waals surface area contributed by atoms with Crippen molar-refractivity contribution in [2.75, 3.05) is 28.2 Å². The van der Waals surface area contributed by atoms with Gasteiger partial charge in [0.2, 0.25) is 11.8 Å². The van der Waals surface area contributed by atoms with Crippen LogP contribution in [0.1, 0.15) is 75.0 Å². The van der Waals surface area contributed by atoms with Crippen LogP contribution in [0.2, 0.25) is 0 Å². The first-order valence-corrected chi connectivity index (χ1v) is 12.4. The van der Waals surface area contributed by atoms with Crippen LogP contribution in [0, 0.1) is 0 Å². The third-order valence-electron chi connectivity index (χ3n) is 6.86. The maximum Gasteiger partial charge on any atom is 0.253 e. The van der Waals surface area contributed by atoms with E-state index in [2.05, 4.69) is 10.2 Å². The van der Waals surface area contributed by atoms with Gasteiger partial charge in [0.25, 0.3) is 11.8 Å². The summed E-state index contributed by atoms with van der Waals surface area (Å²) < 4.78 is 6.25. The highest BCUT2D eigenvalue weighted by Gasteiger charge is 2.46. The van der Waals surface area contributed by atoms with E-state index in [0.717, 1.165) is 22.3 Å². The van der Waals surface area contributed by atoms with Crippen molar-refractivity contribution in [1.29, 1.82) is 0 Å². The van der Waals surface area contributed by atoms with E-state index in [0.29, 0.717) is 48.6 Å². The smallest absolute Gasteiger partial charge is 0.253 e. The standard InChI is InChI=1S/C28H35N5O3/c1-7-24-30-31-27(36-24)28(16-17(2)29)22-12-10-20(25(34)32(3)4)14-18(22)8-9-19-15-21(11-13-23(19)28)26(35)33(5)6/h10-15,17H,7-9,16,29H2,1-6H3/t17-/m1/s1. The number of amides is 2. The number of hydrogen-bond donors (Lipinski definition) is 1. The lowest BCUT2D eigenvalue weighted by Crippen LogP contribution is -2.37. The minimum absolute atomic E-state index is 0.0534. The minimum atomic E-state index is -0.810. The second-order valence-electron chi connectivity index (χ2n) is 10.1. The maximum absolute atomic E-state index is 12.8. The molecule has 1 heterocycles. The van der Waals surface area contributed by atoms with Gasteiger partial charge >= 0.3 is 0 Å². The summed E-state index contributed by atoms with van der Waals surface area (Å²) >= 11 is 0. The molecule has 0 aliphatic heterocycles. The number of aromatic nitrogens is 2. The quantitative estimate of drug-likeness (QED) is 0.570. The number of nitrogens with two attached hydrogens (primary N) is 1. The molecule has 0 spiro atoms. The SMILES string of the molecule is CCc1nnc(C2(C[C@@H](C)N)c3ccc(C(=O)N(C)C)cc3CCc3cc(C(=O)N(C)C)ccc32)o1. The molecular formula is C28H35N5O3. The Morgan fingerprint density at radius 1 is 0.944 bits per heavy atom. The summed E-state index contributed by atoms with van der Waals surface area (Å²) in [6.07, 6.45) is 2.55. The number of hydrogen-bond acceptors (Lipinski definition) is 6. The summed E-state index contributed by atoms with van der Waals surface area (Å²) in [4.78, 5) is 28.7. The molecule has 1 aliphatic rings. The van der Waals surface area contributed by atoms with Crippen LogP contribution in [0.25, 0.3) is 0 Å². The van der Waals surface area contributed by atoms with Crippen molar-refractivity contribution in [3.05, 3.63) is 81.6 Å². The van der Waals surface area contributed by atoms with Crippen LogP contribution < -0.4 is 5.73 Å². The van der Waals surface area contributed by atoms with E-state index in [9.17, 15) is 9.59 Å². The first kappa shape index (κ1) is 25.6. The molecule has 0 unspecified atom stereocenters. The lowest BCUT2D eigenvalue weighted by Gasteiger charge is -2.35. The van der Waals surface area contributed by atoms with Gasteiger partial charge in [-0.2, -0.15) is 0 Å². The number of fused-ring (bicyclic) bond motifs is 2. The third kappa shape index (κ3) is 4.41. The van der Waals surface area contributed by atoms with E-state index in [1.807, 2.05) is 50.2 Å². The van der Waals surface area contributed by atoms with Crippen molar-refractivity contribution in [1.82, 2.24) is 20.0 Å². The molecule has 1 aliphatic carbocycles. The molecule has 0 bridgehead atoms. The van der Waals surface area contributed by atoms with Crippen LogP contribution in [0.5, 0.6) is 0 Å². The zero-order valence-corrected chi connectivity index (χ0v) is 22.0. The molecule has 1 atom stereocenters. The lowest BCUT2D eigenvalue weighted by molar-refractivity contribution is 0.0820. The zero-order valence-electron chi connectivity index (χ0n) is 22.0. The molecular weight excluding hydrogens is 454 g/mol. The van der Waals surface area contributed by atoms with Gasteiger partial charge in [0.15, 0.2) is 0 Å². The minimum Gasteiger partial charge on any atom is -0.424 e. The zero-order chi connectivity index (χ0) is 26.2. The van der Waals surface area contributed by atoms with Crippen molar-refractivity contribution >= 4 is 11.8 Å². The fraction of sp³-hybridized carbons (Fsp3) is 0.429. The number of rotatable bonds is 6. The summed E-state index contributed by atoms with van der Waals surface area (Å²) in [5.41, 5.74) is 11.0. The molecule has 2 amide bonds. The first-order chi connectivity index (χ1) is 17.1. The summed E-state index contributed by atoms with van der Waals surface area (Å²) in [5.74, 6) is 0.934. The highest BCUT2D eigenvalue weighted by molar-refractivity contribution is 5.95. The number of benzene rings is 2. The lowest BCUT2D eigenvalue weighted by atomic mass is 9.68. The normalized spacial score (nSPS) is 14.9. The number of nitrogens with zero attached hydrogens (tertiary/aromatic N) is 4. The summed E-state index contributed by atoms with van der Waals surface area (Å²) in [6.45, 7) is 3.94. The topological polar surface area (TPSA) is 106 Å². The second-order valence-corrected chi connectivity index (χ2v) is 10.1. The molecule has 3 aromatic rings. The van der Waals surface area contributed by atoms with Crippen LogP contribution in [0.3, 0.4) is 0 Å². The van der Waals surface area contributed by atoms with Gasteiger partial charge in [-0.15, -0.1) is 10.2 Å².